The highest BCUT2D eigenvalue weighted by Crippen LogP contribution is 2.49. The molecule has 0 aliphatic heterocycles. The van der Waals surface area contributed by atoms with Crippen molar-refractivity contribution in [3.8, 4) is 0 Å². The average molecular weight is 318 g/mol. The van der Waals surface area contributed by atoms with E-state index in [4.69, 9.17) is 4.74 Å². The first kappa shape index (κ1) is 13.9. The summed E-state index contributed by atoms with van der Waals surface area (Å²) in [5.74, 6) is 1.91. The molecule has 0 saturated heterocycles. The van der Waals surface area contributed by atoms with Crippen molar-refractivity contribution in [2.45, 2.75) is 38.7 Å². The zero-order valence-electron chi connectivity index (χ0n) is 12.2. The third-order valence-electron chi connectivity index (χ3n) is 5.05. The van der Waals surface area contributed by atoms with E-state index in [1.54, 1.807) is 6.20 Å². The number of carbonyl (C=O) groups excluding carboxylic acids is 1. The number of carbonyl (C=O) groups is 1. The monoisotopic (exact) mass is 318 g/mol. The topological polar surface area (TPSA) is 60.7 Å². The van der Waals surface area contributed by atoms with Crippen molar-refractivity contribution in [3.63, 3.8) is 0 Å². The van der Waals surface area contributed by atoms with Gasteiger partial charge in [0.25, 0.3) is 5.56 Å². The van der Waals surface area contributed by atoms with Gasteiger partial charge in [-0.3, -0.25) is 14.0 Å². The number of esters is 1. The number of ether oxygens (including phenoxy) is 1. The number of rotatable bonds is 4. The Kier molecular flexibility index (Phi) is 3.48. The molecular weight excluding hydrogens is 300 g/mol. The summed E-state index contributed by atoms with van der Waals surface area (Å²) in [6.07, 6.45) is 7.30. The zero-order chi connectivity index (χ0) is 15.1. The van der Waals surface area contributed by atoms with Crippen LogP contribution in [0, 0.1) is 17.8 Å². The van der Waals surface area contributed by atoms with E-state index in [9.17, 15) is 9.59 Å². The van der Waals surface area contributed by atoms with Gasteiger partial charge in [0.1, 0.15) is 6.61 Å². The van der Waals surface area contributed by atoms with Crippen molar-refractivity contribution < 1.29 is 9.53 Å². The van der Waals surface area contributed by atoms with Crippen LogP contribution in [0.5, 0.6) is 0 Å². The first-order valence-electron chi connectivity index (χ1n) is 7.80. The third kappa shape index (κ3) is 2.56. The molecular formula is C16H18N2O3S. The van der Waals surface area contributed by atoms with Gasteiger partial charge in [-0.05, 0) is 37.0 Å². The number of hydrogen-bond acceptors (Lipinski definition) is 5. The lowest BCUT2D eigenvalue weighted by Crippen LogP contribution is -2.18. The van der Waals surface area contributed by atoms with Crippen LogP contribution < -0.4 is 5.56 Å². The van der Waals surface area contributed by atoms with E-state index in [-0.39, 0.29) is 18.1 Å². The predicted molar refractivity (Wildman–Crippen MR) is 82.7 cm³/mol. The van der Waals surface area contributed by atoms with Gasteiger partial charge in [-0.1, -0.05) is 6.42 Å². The molecule has 2 bridgehead atoms. The van der Waals surface area contributed by atoms with Gasteiger partial charge in [-0.15, -0.1) is 11.3 Å². The molecule has 2 aliphatic carbocycles. The first-order chi connectivity index (χ1) is 10.7. The standard InChI is InChI=1S/C16H18N2O3S/c19-14-8-13(17-16-18(14)3-4-22-16)9-21-15(20)7-12-6-10-1-2-11(12)5-10/h3-4,8,10-12H,1-2,5-7,9H2. The van der Waals surface area contributed by atoms with Crippen molar-refractivity contribution in [1.82, 2.24) is 9.38 Å². The molecule has 0 N–H and O–H groups in total. The Hall–Kier alpha value is -1.69. The molecule has 2 fully saturated rings. The lowest BCUT2D eigenvalue weighted by Gasteiger charge is -2.20. The van der Waals surface area contributed by atoms with E-state index in [0.717, 1.165) is 11.8 Å². The summed E-state index contributed by atoms with van der Waals surface area (Å²) in [6.45, 7) is 0.0866. The Morgan fingerprint density at radius 1 is 1.41 bits per heavy atom. The summed E-state index contributed by atoms with van der Waals surface area (Å²) in [4.78, 5) is 28.8. The molecule has 2 heterocycles. The second-order valence-electron chi connectivity index (χ2n) is 6.44. The molecule has 3 atom stereocenters. The van der Waals surface area contributed by atoms with E-state index >= 15 is 0 Å². The van der Waals surface area contributed by atoms with Crippen LogP contribution in [0.25, 0.3) is 4.96 Å². The van der Waals surface area contributed by atoms with Gasteiger partial charge >= 0.3 is 5.97 Å². The summed E-state index contributed by atoms with van der Waals surface area (Å²) < 4.78 is 6.82. The van der Waals surface area contributed by atoms with E-state index in [0.29, 0.717) is 23.0 Å². The SMILES string of the molecule is O=C(CC1CC2CCC1C2)OCc1cc(=O)n2ccsc2n1. The maximum atomic E-state index is 12.0. The summed E-state index contributed by atoms with van der Waals surface area (Å²) in [5, 5.41) is 1.81. The maximum Gasteiger partial charge on any atom is 0.306 e. The van der Waals surface area contributed by atoms with Gasteiger partial charge in [0.05, 0.1) is 5.69 Å². The zero-order valence-corrected chi connectivity index (χ0v) is 13.1. The number of fused-ring (bicyclic) bond motifs is 3. The quantitative estimate of drug-likeness (QED) is 0.813. The fourth-order valence-corrected chi connectivity index (χ4v) is 4.75. The normalized spacial score (nSPS) is 26.6. The van der Waals surface area contributed by atoms with Crippen molar-refractivity contribution in [3.05, 3.63) is 33.7 Å². The lowest BCUT2D eigenvalue weighted by molar-refractivity contribution is -0.146. The van der Waals surface area contributed by atoms with E-state index in [1.807, 2.05) is 5.38 Å². The van der Waals surface area contributed by atoms with Gasteiger partial charge in [0.15, 0.2) is 4.96 Å². The Bertz CT molecular complexity index is 766. The van der Waals surface area contributed by atoms with Gasteiger partial charge in [-0.2, -0.15) is 0 Å². The van der Waals surface area contributed by atoms with Crippen LogP contribution in [0.4, 0.5) is 0 Å². The molecule has 0 radical (unpaired) electrons. The molecule has 4 rings (SSSR count). The van der Waals surface area contributed by atoms with Crippen LogP contribution in [0.15, 0.2) is 22.4 Å². The highest BCUT2D eigenvalue weighted by molar-refractivity contribution is 7.15. The molecule has 2 aromatic rings. The minimum absolute atomic E-state index is 0.0866. The van der Waals surface area contributed by atoms with Gasteiger partial charge in [-0.25, -0.2) is 4.98 Å². The number of aromatic nitrogens is 2. The van der Waals surface area contributed by atoms with Crippen molar-refractivity contribution in [2.24, 2.45) is 17.8 Å². The van der Waals surface area contributed by atoms with Gasteiger partial charge < -0.3 is 4.74 Å². The summed E-state index contributed by atoms with van der Waals surface area (Å²) >= 11 is 1.40. The van der Waals surface area contributed by atoms with E-state index < -0.39 is 0 Å². The predicted octanol–water partition coefficient (Wildman–Crippen LogP) is 2.63. The second kappa shape index (κ2) is 5.50. The summed E-state index contributed by atoms with van der Waals surface area (Å²) in [7, 11) is 0. The van der Waals surface area contributed by atoms with E-state index in [2.05, 4.69) is 4.98 Å². The molecule has 6 heteroatoms. The van der Waals surface area contributed by atoms with Crippen LogP contribution in [0.2, 0.25) is 0 Å². The highest BCUT2D eigenvalue weighted by atomic mass is 32.1. The Balaban J connectivity index is 1.37. The molecule has 2 aromatic heterocycles. The number of thiazole rings is 1. The molecule has 116 valence electrons. The van der Waals surface area contributed by atoms with Crippen LogP contribution in [-0.2, 0) is 16.1 Å². The molecule has 3 unspecified atom stereocenters. The molecule has 5 nitrogen and oxygen atoms in total. The van der Waals surface area contributed by atoms with Crippen molar-refractivity contribution >= 4 is 22.3 Å². The van der Waals surface area contributed by atoms with Crippen LogP contribution in [-0.4, -0.2) is 15.4 Å². The van der Waals surface area contributed by atoms with Crippen LogP contribution in [0.3, 0.4) is 0 Å². The molecule has 0 amide bonds. The fraction of sp³-hybridized carbons (Fsp3) is 0.562. The minimum atomic E-state index is -0.161. The second-order valence-corrected chi connectivity index (χ2v) is 7.31. The fourth-order valence-electron chi connectivity index (χ4n) is 4.02. The van der Waals surface area contributed by atoms with Crippen LogP contribution >= 0.6 is 11.3 Å². The van der Waals surface area contributed by atoms with Crippen molar-refractivity contribution in [1.29, 1.82) is 0 Å². The summed E-state index contributed by atoms with van der Waals surface area (Å²) in [5.41, 5.74) is 0.388. The number of hydrogen-bond donors (Lipinski definition) is 0. The molecule has 0 spiro atoms. The average Bonchev–Trinajstić information content (AvgIpc) is 3.20. The Morgan fingerprint density at radius 2 is 2.32 bits per heavy atom. The Labute approximate surface area is 131 Å². The molecule has 2 saturated carbocycles. The van der Waals surface area contributed by atoms with E-state index in [1.165, 1.54) is 47.5 Å². The van der Waals surface area contributed by atoms with Gasteiger partial charge in [0.2, 0.25) is 0 Å². The van der Waals surface area contributed by atoms with Gasteiger partial charge in [0, 0.05) is 24.1 Å². The first-order valence-corrected chi connectivity index (χ1v) is 8.68. The molecule has 0 aromatic carbocycles. The lowest BCUT2D eigenvalue weighted by atomic mass is 9.86. The number of nitrogens with zero attached hydrogens (tertiary/aromatic N) is 2. The minimum Gasteiger partial charge on any atom is -0.459 e. The molecule has 2 aliphatic rings. The third-order valence-corrected chi connectivity index (χ3v) is 5.81. The van der Waals surface area contributed by atoms with Crippen LogP contribution in [0.1, 0.15) is 37.8 Å². The highest BCUT2D eigenvalue weighted by Gasteiger charge is 2.40. The smallest absolute Gasteiger partial charge is 0.306 e. The molecule has 22 heavy (non-hydrogen) atoms. The largest absolute Gasteiger partial charge is 0.459 e. The maximum absolute atomic E-state index is 12.0. The summed E-state index contributed by atoms with van der Waals surface area (Å²) in [6, 6.07) is 1.44. The van der Waals surface area contributed by atoms with Crippen molar-refractivity contribution in [2.75, 3.05) is 0 Å². The Morgan fingerprint density at radius 3 is 3.09 bits per heavy atom.